The third-order valence-corrected chi connectivity index (χ3v) is 2.52. The van der Waals surface area contributed by atoms with Crippen LogP contribution in [0.1, 0.15) is 0 Å². The molecule has 0 bridgehead atoms. The Kier molecular flexibility index (Phi) is 3.18. The summed E-state index contributed by atoms with van der Waals surface area (Å²) in [5.74, 6) is -0.986. The van der Waals surface area contributed by atoms with E-state index in [-0.39, 0.29) is 0 Å². The van der Waals surface area contributed by atoms with Gasteiger partial charge in [-0.15, -0.1) is 0 Å². The molecule has 0 saturated carbocycles. The van der Waals surface area contributed by atoms with Gasteiger partial charge in [-0.1, -0.05) is 5.11 Å². The van der Waals surface area contributed by atoms with Crippen LogP contribution in [0.2, 0.25) is 0 Å². The number of nitrogens with zero attached hydrogens (tertiary/aromatic N) is 4. The monoisotopic (exact) mass is 260 g/mol. The van der Waals surface area contributed by atoms with E-state index in [0.717, 1.165) is 0 Å². The Hall–Kier alpha value is -2.36. The molecule has 10 nitrogen and oxygen atoms in total. The normalized spacial score (nSPS) is 10.6. The summed E-state index contributed by atoms with van der Waals surface area (Å²) >= 11 is 0. The molecule has 0 aliphatic heterocycles. The highest BCUT2D eigenvalue weighted by Gasteiger charge is 2.23. The molecule has 17 heavy (non-hydrogen) atoms. The predicted octanol–water partition coefficient (Wildman–Crippen LogP) is 1.49. The summed E-state index contributed by atoms with van der Waals surface area (Å²) in [6, 6.07) is 1.05. The Morgan fingerprint density at radius 3 is 2.47 bits per heavy atom. The predicted molar refractivity (Wildman–Crippen MR) is 53.4 cm³/mol. The standard InChI is InChI=1S/C6H4N4O6S/c7-9-8-4-1-3(17(14,15)16)2-5(6(4)11)10(12)13/h1-2,11H,(H,14,15,16). The molecule has 11 heteroatoms. The summed E-state index contributed by atoms with van der Waals surface area (Å²) in [5.41, 5.74) is 6.46. The van der Waals surface area contributed by atoms with Crippen LogP contribution in [-0.4, -0.2) is 23.0 Å². The second-order valence-corrected chi connectivity index (χ2v) is 4.15. The summed E-state index contributed by atoms with van der Waals surface area (Å²) in [6.07, 6.45) is 0. The molecule has 0 radical (unpaired) electrons. The quantitative estimate of drug-likeness (QED) is 0.208. The molecule has 1 aromatic rings. The minimum Gasteiger partial charge on any atom is -0.502 e. The molecular weight excluding hydrogens is 256 g/mol. The van der Waals surface area contributed by atoms with Gasteiger partial charge in [0.05, 0.1) is 10.6 Å². The lowest BCUT2D eigenvalue weighted by molar-refractivity contribution is -0.386. The van der Waals surface area contributed by atoms with Gasteiger partial charge in [-0.25, -0.2) is 0 Å². The highest BCUT2D eigenvalue weighted by Crippen LogP contribution is 2.38. The molecule has 1 rings (SSSR count). The number of aromatic hydroxyl groups is 1. The van der Waals surface area contributed by atoms with E-state index in [0.29, 0.717) is 12.1 Å². The molecule has 0 amide bonds. The van der Waals surface area contributed by atoms with Crippen molar-refractivity contribution in [3.63, 3.8) is 0 Å². The van der Waals surface area contributed by atoms with Gasteiger partial charge in [0.25, 0.3) is 10.1 Å². The maximum atomic E-state index is 10.8. The topological polar surface area (TPSA) is 166 Å². The third-order valence-electron chi connectivity index (χ3n) is 1.69. The summed E-state index contributed by atoms with van der Waals surface area (Å²) in [6.45, 7) is 0. The fourth-order valence-electron chi connectivity index (χ4n) is 0.992. The first-order valence-electron chi connectivity index (χ1n) is 3.81. The molecule has 0 heterocycles. The van der Waals surface area contributed by atoms with Gasteiger partial charge in [0.1, 0.15) is 4.90 Å². The van der Waals surface area contributed by atoms with Gasteiger partial charge < -0.3 is 5.11 Å². The van der Waals surface area contributed by atoms with E-state index in [1.807, 2.05) is 0 Å². The highest BCUT2D eigenvalue weighted by atomic mass is 32.2. The van der Waals surface area contributed by atoms with E-state index in [1.54, 1.807) is 0 Å². The average Bonchev–Trinajstić information content (AvgIpc) is 2.19. The van der Waals surface area contributed by atoms with Gasteiger partial charge in [-0.05, 0) is 11.6 Å². The Bertz CT molecular complexity index is 609. The third kappa shape index (κ3) is 2.60. The van der Waals surface area contributed by atoms with E-state index in [2.05, 4.69) is 10.0 Å². The van der Waals surface area contributed by atoms with Crippen LogP contribution < -0.4 is 0 Å². The van der Waals surface area contributed by atoms with Gasteiger partial charge in [-0.3, -0.25) is 14.7 Å². The molecule has 1 aromatic carbocycles. The lowest BCUT2D eigenvalue weighted by atomic mass is 10.2. The SMILES string of the molecule is [N-]=[N+]=Nc1cc(S(=O)(=O)O)cc([N+](=O)[O-])c1O. The Balaban J connectivity index is 3.70. The zero-order valence-electron chi connectivity index (χ0n) is 7.88. The number of hydrogen-bond acceptors (Lipinski definition) is 6. The van der Waals surface area contributed by atoms with Crippen LogP contribution in [-0.2, 0) is 10.1 Å². The van der Waals surface area contributed by atoms with Crippen molar-refractivity contribution in [1.82, 2.24) is 0 Å². The summed E-state index contributed by atoms with van der Waals surface area (Å²) < 4.78 is 30.3. The van der Waals surface area contributed by atoms with Crippen LogP contribution in [0.5, 0.6) is 5.75 Å². The number of nitro benzene ring substituents is 1. The van der Waals surface area contributed by atoms with Crippen LogP contribution in [0.3, 0.4) is 0 Å². The molecule has 0 atom stereocenters. The van der Waals surface area contributed by atoms with Crippen molar-refractivity contribution < 1.29 is 23.0 Å². The maximum Gasteiger partial charge on any atom is 0.312 e. The lowest BCUT2D eigenvalue weighted by Crippen LogP contribution is -1.99. The Labute approximate surface area is 93.6 Å². The van der Waals surface area contributed by atoms with Gasteiger partial charge in [-0.2, -0.15) is 8.42 Å². The molecule has 0 fully saturated rings. The Morgan fingerprint density at radius 2 is 2.06 bits per heavy atom. The lowest BCUT2D eigenvalue weighted by Gasteiger charge is -2.02. The minimum absolute atomic E-state index is 0.445. The van der Waals surface area contributed by atoms with Crippen molar-refractivity contribution in [3.05, 3.63) is 32.7 Å². The molecule has 0 unspecified atom stereocenters. The van der Waals surface area contributed by atoms with Crippen molar-refractivity contribution in [3.8, 4) is 5.75 Å². The van der Waals surface area contributed by atoms with Crippen molar-refractivity contribution in [1.29, 1.82) is 0 Å². The number of hydrogen-bond donors (Lipinski definition) is 2. The van der Waals surface area contributed by atoms with Gasteiger partial charge in [0.2, 0.25) is 5.75 Å². The average molecular weight is 260 g/mol. The largest absolute Gasteiger partial charge is 0.502 e. The van der Waals surface area contributed by atoms with Gasteiger partial charge >= 0.3 is 5.69 Å². The molecule has 2 N–H and O–H groups in total. The number of azide groups is 1. The zero-order chi connectivity index (χ0) is 13.2. The van der Waals surface area contributed by atoms with E-state index in [4.69, 9.17) is 10.1 Å². The molecule has 0 aromatic heterocycles. The smallest absolute Gasteiger partial charge is 0.312 e. The van der Waals surface area contributed by atoms with E-state index < -0.39 is 37.1 Å². The van der Waals surface area contributed by atoms with Crippen LogP contribution in [0.15, 0.2) is 22.1 Å². The molecular formula is C6H4N4O6S. The van der Waals surface area contributed by atoms with E-state index in [1.165, 1.54) is 0 Å². The molecule has 0 spiro atoms. The van der Waals surface area contributed by atoms with Crippen molar-refractivity contribution in [2.75, 3.05) is 0 Å². The van der Waals surface area contributed by atoms with Crippen LogP contribution in [0.4, 0.5) is 11.4 Å². The summed E-state index contributed by atoms with van der Waals surface area (Å²) in [4.78, 5) is 10.8. The first-order valence-corrected chi connectivity index (χ1v) is 5.25. The fraction of sp³-hybridized carbons (Fsp3) is 0. The number of benzene rings is 1. The Morgan fingerprint density at radius 1 is 1.47 bits per heavy atom. The summed E-state index contributed by atoms with van der Waals surface area (Å²) in [7, 11) is -4.72. The van der Waals surface area contributed by atoms with Gasteiger partial charge in [0, 0.05) is 11.0 Å². The summed E-state index contributed by atoms with van der Waals surface area (Å²) in [5, 5.41) is 22.7. The number of phenolic OH excluding ortho intramolecular Hbond substituents is 1. The van der Waals surface area contributed by atoms with E-state index in [9.17, 15) is 23.6 Å². The van der Waals surface area contributed by atoms with Crippen molar-refractivity contribution in [2.45, 2.75) is 4.90 Å². The minimum atomic E-state index is -4.72. The van der Waals surface area contributed by atoms with Crippen molar-refractivity contribution in [2.24, 2.45) is 5.11 Å². The fourth-order valence-corrected chi connectivity index (χ4v) is 1.51. The molecule has 0 saturated heterocycles. The zero-order valence-corrected chi connectivity index (χ0v) is 8.70. The number of rotatable bonds is 3. The highest BCUT2D eigenvalue weighted by molar-refractivity contribution is 7.85. The van der Waals surface area contributed by atoms with Gasteiger partial charge in [0.15, 0.2) is 0 Å². The first-order chi connectivity index (χ1) is 7.77. The first kappa shape index (κ1) is 12.7. The van der Waals surface area contributed by atoms with Crippen molar-refractivity contribution >= 4 is 21.5 Å². The number of phenols is 1. The van der Waals surface area contributed by atoms with Crippen LogP contribution in [0.25, 0.3) is 10.4 Å². The van der Waals surface area contributed by atoms with E-state index >= 15 is 0 Å². The molecule has 0 aliphatic carbocycles. The second kappa shape index (κ2) is 4.25. The van der Waals surface area contributed by atoms with Crippen LogP contribution >= 0.6 is 0 Å². The maximum absolute atomic E-state index is 10.8. The number of nitro groups is 1. The molecule has 90 valence electrons. The van der Waals surface area contributed by atoms with Crippen LogP contribution in [0, 0.1) is 10.1 Å². The molecule has 0 aliphatic rings. The second-order valence-electron chi connectivity index (χ2n) is 2.73.